The molecule has 2 heteroatoms. The van der Waals surface area contributed by atoms with Gasteiger partial charge in [0.05, 0.1) is 6.10 Å². The SMILES string of the molecule is COC1CCC2(C)C(=CCC3C2CCC2(C)C3CC[C@]2(Cc2ccccc2)C(C)=O)C1. The van der Waals surface area contributed by atoms with Crippen LogP contribution in [-0.2, 0) is 16.0 Å². The predicted molar refractivity (Wildman–Crippen MR) is 126 cm³/mol. The maximum Gasteiger partial charge on any atom is 0.136 e. The van der Waals surface area contributed by atoms with Gasteiger partial charge in [-0.15, -0.1) is 0 Å². The number of rotatable bonds is 4. The molecule has 1 aromatic rings. The Morgan fingerprint density at radius 1 is 1.03 bits per heavy atom. The van der Waals surface area contributed by atoms with Crippen molar-refractivity contribution in [2.24, 2.45) is 34.0 Å². The number of fused-ring (bicyclic) bond motifs is 5. The lowest BCUT2D eigenvalue weighted by molar-refractivity contribution is -0.140. The van der Waals surface area contributed by atoms with Crippen molar-refractivity contribution in [3.05, 3.63) is 47.5 Å². The van der Waals surface area contributed by atoms with Crippen molar-refractivity contribution in [1.82, 2.24) is 0 Å². The van der Waals surface area contributed by atoms with Crippen molar-refractivity contribution >= 4 is 5.78 Å². The zero-order valence-corrected chi connectivity index (χ0v) is 20.0. The Hall–Kier alpha value is -1.41. The highest BCUT2D eigenvalue weighted by atomic mass is 16.5. The van der Waals surface area contributed by atoms with Crippen molar-refractivity contribution in [2.75, 3.05) is 7.11 Å². The minimum atomic E-state index is -0.192. The molecule has 4 aliphatic carbocycles. The van der Waals surface area contributed by atoms with Crippen molar-refractivity contribution < 1.29 is 9.53 Å². The normalized spacial score (nSPS) is 44.1. The summed E-state index contributed by atoms with van der Waals surface area (Å²) in [6, 6.07) is 10.8. The maximum atomic E-state index is 13.3. The van der Waals surface area contributed by atoms with E-state index >= 15 is 0 Å². The summed E-state index contributed by atoms with van der Waals surface area (Å²) < 4.78 is 5.74. The standard InChI is InChI=1S/C29H40O2/c1-20(30)29(19-21-8-6-5-7-9-21)17-14-26-24-11-10-22-18-23(31-4)12-15-27(22,2)25(24)13-16-28(26,29)3/h5-10,23-26H,11-19H2,1-4H3/t23?,24?,25?,26?,27?,28?,29-/m0/s1. The van der Waals surface area contributed by atoms with Crippen molar-refractivity contribution in [2.45, 2.75) is 84.7 Å². The summed E-state index contributed by atoms with van der Waals surface area (Å²) in [6.07, 6.45) is 13.5. The van der Waals surface area contributed by atoms with Gasteiger partial charge in [0.1, 0.15) is 5.78 Å². The molecular formula is C29H40O2. The van der Waals surface area contributed by atoms with E-state index in [1.807, 2.05) is 14.0 Å². The molecule has 0 bridgehead atoms. The maximum absolute atomic E-state index is 13.3. The van der Waals surface area contributed by atoms with Crippen LogP contribution >= 0.6 is 0 Å². The minimum absolute atomic E-state index is 0.126. The van der Waals surface area contributed by atoms with Crippen LogP contribution in [0.4, 0.5) is 0 Å². The van der Waals surface area contributed by atoms with Gasteiger partial charge in [0.15, 0.2) is 0 Å². The van der Waals surface area contributed by atoms with E-state index in [2.05, 4.69) is 50.3 Å². The second kappa shape index (κ2) is 7.58. The molecule has 0 aliphatic heterocycles. The fourth-order valence-corrected chi connectivity index (χ4v) is 8.90. The fraction of sp³-hybridized carbons (Fsp3) is 0.690. The lowest BCUT2D eigenvalue weighted by Gasteiger charge is -2.59. The molecule has 168 valence electrons. The monoisotopic (exact) mass is 420 g/mol. The van der Waals surface area contributed by atoms with Crippen LogP contribution in [0.1, 0.15) is 77.7 Å². The molecule has 31 heavy (non-hydrogen) atoms. The number of ether oxygens (including phenoxy) is 1. The van der Waals surface area contributed by atoms with Gasteiger partial charge in [-0.1, -0.05) is 55.8 Å². The van der Waals surface area contributed by atoms with E-state index in [-0.39, 0.29) is 10.8 Å². The number of methoxy groups -OCH3 is 1. The van der Waals surface area contributed by atoms with Crippen molar-refractivity contribution in [3.8, 4) is 0 Å². The third-order valence-corrected chi connectivity index (χ3v) is 10.8. The lowest BCUT2D eigenvalue weighted by Crippen LogP contribution is -2.54. The van der Waals surface area contributed by atoms with Gasteiger partial charge in [0.2, 0.25) is 0 Å². The van der Waals surface area contributed by atoms with Gasteiger partial charge in [-0.2, -0.15) is 0 Å². The smallest absolute Gasteiger partial charge is 0.136 e. The topological polar surface area (TPSA) is 26.3 Å². The highest BCUT2D eigenvalue weighted by Crippen LogP contribution is 2.70. The third kappa shape index (κ3) is 3.04. The molecule has 0 radical (unpaired) electrons. The van der Waals surface area contributed by atoms with Crippen LogP contribution in [0.15, 0.2) is 42.0 Å². The second-order valence-corrected chi connectivity index (χ2v) is 11.7. The van der Waals surface area contributed by atoms with Crippen LogP contribution < -0.4 is 0 Å². The van der Waals surface area contributed by atoms with Crippen LogP contribution in [0.25, 0.3) is 0 Å². The number of carbonyl (C=O) groups excluding carboxylic acids is 1. The Kier molecular flexibility index (Phi) is 5.24. The Labute approximate surface area is 188 Å². The van der Waals surface area contributed by atoms with E-state index in [1.54, 1.807) is 5.57 Å². The van der Waals surface area contributed by atoms with E-state index in [0.717, 1.165) is 31.1 Å². The van der Waals surface area contributed by atoms with E-state index in [0.29, 0.717) is 23.2 Å². The quantitative estimate of drug-likeness (QED) is 0.502. The Bertz CT molecular complexity index is 872. The summed E-state index contributed by atoms with van der Waals surface area (Å²) in [4.78, 5) is 13.3. The molecule has 0 amide bonds. The van der Waals surface area contributed by atoms with Gasteiger partial charge < -0.3 is 4.74 Å². The average molecular weight is 421 g/mol. The molecule has 0 N–H and O–H groups in total. The van der Waals surface area contributed by atoms with Gasteiger partial charge >= 0.3 is 0 Å². The summed E-state index contributed by atoms with van der Waals surface area (Å²) >= 11 is 0. The van der Waals surface area contributed by atoms with Gasteiger partial charge in [0.25, 0.3) is 0 Å². The van der Waals surface area contributed by atoms with Gasteiger partial charge in [-0.05, 0) is 98.9 Å². The number of ketones is 1. The van der Waals surface area contributed by atoms with Gasteiger partial charge in [-0.3, -0.25) is 4.79 Å². The highest BCUT2D eigenvalue weighted by molar-refractivity contribution is 5.84. The summed E-state index contributed by atoms with van der Waals surface area (Å²) in [6.45, 7) is 6.94. The third-order valence-electron chi connectivity index (χ3n) is 10.8. The summed E-state index contributed by atoms with van der Waals surface area (Å²) in [7, 11) is 1.87. The molecule has 0 saturated heterocycles. The van der Waals surface area contributed by atoms with Crippen LogP contribution in [0.2, 0.25) is 0 Å². The number of hydrogen-bond donors (Lipinski definition) is 0. The first-order valence-corrected chi connectivity index (χ1v) is 12.6. The highest BCUT2D eigenvalue weighted by Gasteiger charge is 2.65. The molecule has 3 saturated carbocycles. The van der Waals surface area contributed by atoms with E-state index < -0.39 is 0 Å². The summed E-state index contributed by atoms with van der Waals surface area (Å²) in [5.41, 5.74) is 3.29. The number of allylic oxidation sites excluding steroid dienone is 1. The van der Waals surface area contributed by atoms with Crippen LogP contribution in [-0.4, -0.2) is 19.0 Å². The second-order valence-electron chi connectivity index (χ2n) is 11.7. The van der Waals surface area contributed by atoms with E-state index in [4.69, 9.17) is 4.74 Å². The molecule has 0 aromatic heterocycles. The lowest BCUT2D eigenvalue weighted by atomic mass is 9.45. The number of Topliss-reactive ketones (excluding diaryl/α,β-unsaturated/α-hetero) is 1. The van der Waals surface area contributed by atoms with Gasteiger partial charge in [-0.25, -0.2) is 0 Å². The number of benzene rings is 1. The number of carbonyl (C=O) groups is 1. The summed E-state index contributed by atoms with van der Waals surface area (Å²) in [5.74, 6) is 2.62. The molecule has 1 aromatic carbocycles. The number of hydrogen-bond acceptors (Lipinski definition) is 2. The molecule has 4 aliphatic rings. The molecule has 6 unspecified atom stereocenters. The minimum Gasteiger partial charge on any atom is -0.381 e. The zero-order valence-electron chi connectivity index (χ0n) is 20.0. The molecule has 0 spiro atoms. The Morgan fingerprint density at radius 2 is 1.77 bits per heavy atom. The zero-order chi connectivity index (χ0) is 21.9. The largest absolute Gasteiger partial charge is 0.381 e. The Balaban J connectivity index is 1.48. The summed E-state index contributed by atoms with van der Waals surface area (Å²) in [5, 5.41) is 0. The van der Waals surface area contributed by atoms with Crippen LogP contribution in [0.5, 0.6) is 0 Å². The first-order chi connectivity index (χ1) is 14.8. The average Bonchev–Trinajstić information content (AvgIpc) is 3.07. The molecular weight excluding hydrogens is 380 g/mol. The molecule has 2 nitrogen and oxygen atoms in total. The van der Waals surface area contributed by atoms with Gasteiger partial charge in [0, 0.05) is 12.5 Å². The first kappa shape index (κ1) is 21.4. The fourth-order valence-electron chi connectivity index (χ4n) is 8.90. The van der Waals surface area contributed by atoms with E-state index in [9.17, 15) is 4.79 Å². The predicted octanol–water partition coefficient (Wildman–Crippen LogP) is 6.78. The van der Waals surface area contributed by atoms with Crippen LogP contribution in [0, 0.1) is 34.0 Å². The van der Waals surface area contributed by atoms with Crippen LogP contribution in [0.3, 0.4) is 0 Å². The Morgan fingerprint density at radius 3 is 2.48 bits per heavy atom. The first-order valence-electron chi connectivity index (χ1n) is 12.6. The van der Waals surface area contributed by atoms with Crippen molar-refractivity contribution in [3.63, 3.8) is 0 Å². The molecule has 3 fully saturated rings. The molecule has 0 heterocycles. The van der Waals surface area contributed by atoms with E-state index in [1.165, 1.54) is 44.1 Å². The molecule has 7 atom stereocenters. The molecule has 5 rings (SSSR count). The van der Waals surface area contributed by atoms with Crippen molar-refractivity contribution in [1.29, 1.82) is 0 Å².